The standard InChI is InChI=1S/C25H26N2O5S/c1-4-27(21-8-6-5-7-9-21)33(29,30)22-14-12-20(13-15-22)26-25(28)17-11-19-10-16-23(31-2)24(18-19)32-3/h5-18H,4H2,1-3H3,(H,26,28)/b17-11+. The van der Waals surface area contributed by atoms with Gasteiger partial charge in [0.1, 0.15) is 0 Å². The minimum absolute atomic E-state index is 0.145. The van der Waals surface area contributed by atoms with Crippen LogP contribution in [0.2, 0.25) is 0 Å². The first-order chi connectivity index (χ1) is 15.9. The number of rotatable bonds is 9. The number of para-hydroxylation sites is 1. The Morgan fingerprint density at radius 2 is 1.61 bits per heavy atom. The van der Waals surface area contributed by atoms with Crippen molar-refractivity contribution < 1.29 is 22.7 Å². The highest BCUT2D eigenvalue weighted by molar-refractivity contribution is 7.92. The molecule has 0 heterocycles. The fourth-order valence-corrected chi connectivity index (χ4v) is 4.71. The quantitative estimate of drug-likeness (QED) is 0.467. The average Bonchev–Trinajstić information content (AvgIpc) is 2.84. The molecule has 0 atom stereocenters. The van der Waals surface area contributed by atoms with Gasteiger partial charge in [-0.15, -0.1) is 0 Å². The van der Waals surface area contributed by atoms with E-state index in [1.165, 1.54) is 22.5 Å². The molecule has 3 aromatic carbocycles. The van der Waals surface area contributed by atoms with E-state index in [1.807, 2.05) is 6.07 Å². The number of nitrogens with zero attached hydrogens (tertiary/aromatic N) is 1. The van der Waals surface area contributed by atoms with E-state index in [4.69, 9.17) is 9.47 Å². The number of nitrogens with one attached hydrogen (secondary N) is 1. The van der Waals surface area contributed by atoms with Crippen LogP contribution in [0.1, 0.15) is 12.5 Å². The molecule has 0 radical (unpaired) electrons. The van der Waals surface area contributed by atoms with Gasteiger partial charge in [0, 0.05) is 18.3 Å². The summed E-state index contributed by atoms with van der Waals surface area (Å²) in [5.41, 5.74) is 1.85. The van der Waals surface area contributed by atoms with Crippen molar-refractivity contribution in [2.24, 2.45) is 0 Å². The second-order valence-electron chi connectivity index (χ2n) is 6.97. The van der Waals surface area contributed by atoms with Crippen LogP contribution < -0.4 is 19.1 Å². The van der Waals surface area contributed by atoms with Crippen LogP contribution in [0.25, 0.3) is 6.08 Å². The van der Waals surface area contributed by atoms with Gasteiger partial charge in [0.15, 0.2) is 11.5 Å². The maximum absolute atomic E-state index is 13.1. The maximum Gasteiger partial charge on any atom is 0.264 e. The molecule has 1 N–H and O–H groups in total. The number of methoxy groups -OCH3 is 2. The monoisotopic (exact) mass is 466 g/mol. The van der Waals surface area contributed by atoms with Gasteiger partial charge < -0.3 is 14.8 Å². The van der Waals surface area contributed by atoms with Crippen LogP contribution in [-0.4, -0.2) is 35.1 Å². The summed E-state index contributed by atoms with van der Waals surface area (Å²) in [4.78, 5) is 12.4. The molecule has 0 saturated heterocycles. The Labute approximate surface area is 194 Å². The number of hydrogen-bond acceptors (Lipinski definition) is 5. The molecule has 0 saturated carbocycles. The third kappa shape index (κ3) is 5.72. The summed E-state index contributed by atoms with van der Waals surface area (Å²) in [5, 5.41) is 2.73. The fraction of sp³-hybridized carbons (Fsp3) is 0.160. The lowest BCUT2D eigenvalue weighted by atomic mass is 10.2. The van der Waals surface area contributed by atoms with Gasteiger partial charge in [0.2, 0.25) is 5.91 Å². The van der Waals surface area contributed by atoms with E-state index < -0.39 is 10.0 Å². The number of ether oxygens (including phenoxy) is 2. The Morgan fingerprint density at radius 3 is 2.21 bits per heavy atom. The van der Waals surface area contributed by atoms with Gasteiger partial charge in [-0.05, 0) is 67.1 Å². The predicted octanol–water partition coefficient (Wildman–Crippen LogP) is 4.57. The van der Waals surface area contributed by atoms with Gasteiger partial charge in [-0.1, -0.05) is 24.3 Å². The minimum atomic E-state index is -3.72. The molecule has 0 aliphatic heterocycles. The summed E-state index contributed by atoms with van der Waals surface area (Å²) in [5.74, 6) is 0.816. The Hall–Kier alpha value is -3.78. The zero-order valence-electron chi connectivity index (χ0n) is 18.7. The summed E-state index contributed by atoms with van der Waals surface area (Å²) in [6.07, 6.45) is 3.04. The van der Waals surface area contributed by atoms with E-state index in [0.717, 1.165) is 5.56 Å². The first kappa shape index (κ1) is 23.9. The fourth-order valence-electron chi connectivity index (χ4n) is 3.24. The lowest BCUT2D eigenvalue weighted by molar-refractivity contribution is -0.111. The van der Waals surface area contributed by atoms with Crippen molar-refractivity contribution in [2.45, 2.75) is 11.8 Å². The number of hydrogen-bond donors (Lipinski definition) is 1. The highest BCUT2D eigenvalue weighted by Gasteiger charge is 2.23. The van der Waals surface area contributed by atoms with Crippen molar-refractivity contribution in [2.75, 3.05) is 30.4 Å². The normalized spacial score (nSPS) is 11.2. The van der Waals surface area contributed by atoms with Crippen molar-refractivity contribution in [3.8, 4) is 11.5 Å². The van der Waals surface area contributed by atoms with Gasteiger partial charge in [0.25, 0.3) is 10.0 Å². The molecule has 8 heteroatoms. The zero-order chi connectivity index (χ0) is 23.8. The van der Waals surface area contributed by atoms with Crippen LogP contribution in [-0.2, 0) is 14.8 Å². The van der Waals surface area contributed by atoms with E-state index in [-0.39, 0.29) is 10.8 Å². The summed E-state index contributed by atoms with van der Waals surface area (Å²) in [7, 11) is -0.626. The molecular formula is C25H26N2O5S. The van der Waals surface area contributed by atoms with Gasteiger partial charge in [0.05, 0.1) is 24.8 Å². The van der Waals surface area contributed by atoms with Crippen LogP contribution >= 0.6 is 0 Å². The molecule has 3 aromatic rings. The molecule has 0 spiro atoms. The van der Waals surface area contributed by atoms with Gasteiger partial charge in [-0.2, -0.15) is 0 Å². The molecule has 0 aliphatic carbocycles. The Balaban J connectivity index is 1.70. The number of sulfonamides is 1. The molecular weight excluding hydrogens is 440 g/mol. The number of benzene rings is 3. The van der Waals surface area contributed by atoms with Crippen LogP contribution in [0.5, 0.6) is 11.5 Å². The number of carbonyl (C=O) groups excluding carboxylic acids is 1. The highest BCUT2D eigenvalue weighted by Crippen LogP contribution is 2.28. The molecule has 0 unspecified atom stereocenters. The summed E-state index contributed by atoms with van der Waals surface area (Å²) >= 11 is 0. The smallest absolute Gasteiger partial charge is 0.264 e. The third-order valence-corrected chi connectivity index (χ3v) is 6.79. The van der Waals surface area contributed by atoms with Crippen LogP contribution in [0, 0.1) is 0 Å². The first-order valence-corrected chi connectivity index (χ1v) is 11.7. The van der Waals surface area contributed by atoms with E-state index in [9.17, 15) is 13.2 Å². The van der Waals surface area contributed by atoms with E-state index in [1.54, 1.807) is 81.8 Å². The minimum Gasteiger partial charge on any atom is -0.493 e. The molecule has 0 aliphatic rings. The molecule has 0 aromatic heterocycles. The summed E-state index contributed by atoms with van der Waals surface area (Å²) < 4.78 is 37.9. The molecule has 1 amide bonds. The molecule has 33 heavy (non-hydrogen) atoms. The van der Waals surface area contributed by atoms with E-state index >= 15 is 0 Å². The SMILES string of the molecule is CCN(c1ccccc1)S(=O)(=O)c1ccc(NC(=O)/C=C/c2ccc(OC)c(OC)c2)cc1. The Kier molecular flexibility index (Phi) is 7.74. The van der Waals surface area contributed by atoms with Crippen LogP contribution in [0.4, 0.5) is 11.4 Å². The lowest BCUT2D eigenvalue weighted by Crippen LogP contribution is -2.30. The lowest BCUT2D eigenvalue weighted by Gasteiger charge is -2.23. The molecule has 3 rings (SSSR count). The van der Waals surface area contributed by atoms with Gasteiger partial charge in [-0.25, -0.2) is 8.42 Å². The van der Waals surface area contributed by atoms with Crippen molar-refractivity contribution >= 4 is 33.4 Å². The largest absolute Gasteiger partial charge is 0.493 e. The zero-order valence-corrected chi connectivity index (χ0v) is 19.5. The Morgan fingerprint density at radius 1 is 0.939 bits per heavy atom. The number of carbonyl (C=O) groups is 1. The Bertz CT molecular complexity index is 1220. The van der Waals surface area contributed by atoms with E-state index in [2.05, 4.69) is 5.32 Å². The van der Waals surface area contributed by atoms with Crippen molar-refractivity contribution in [1.82, 2.24) is 0 Å². The number of amides is 1. The third-order valence-electron chi connectivity index (χ3n) is 4.88. The predicted molar refractivity (Wildman–Crippen MR) is 130 cm³/mol. The molecule has 0 bridgehead atoms. The second-order valence-corrected chi connectivity index (χ2v) is 8.83. The molecule has 7 nitrogen and oxygen atoms in total. The van der Waals surface area contributed by atoms with Crippen molar-refractivity contribution in [3.63, 3.8) is 0 Å². The molecule has 0 fully saturated rings. The van der Waals surface area contributed by atoms with Crippen LogP contribution in [0.15, 0.2) is 83.8 Å². The first-order valence-electron chi connectivity index (χ1n) is 10.3. The maximum atomic E-state index is 13.1. The van der Waals surface area contributed by atoms with Crippen molar-refractivity contribution in [3.05, 3.63) is 84.4 Å². The highest BCUT2D eigenvalue weighted by atomic mass is 32.2. The van der Waals surface area contributed by atoms with Crippen LogP contribution in [0.3, 0.4) is 0 Å². The summed E-state index contributed by atoms with van der Waals surface area (Å²) in [6, 6.07) is 20.3. The molecule has 172 valence electrons. The van der Waals surface area contributed by atoms with Gasteiger partial charge >= 0.3 is 0 Å². The van der Waals surface area contributed by atoms with Crippen molar-refractivity contribution in [1.29, 1.82) is 0 Å². The second kappa shape index (κ2) is 10.7. The van der Waals surface area contributed by atoms with Gasteiger partial charge in [-0.3, -0.25) is 9.10 Å². The van der Waals surface area contributed by atoms with E-state index in [0.29, 0.717) is 29.4 Å². The summed E-state index contributed by atoms with van der Waals surface area (Å²) in [6.45, 7) is 2.08. The number of anilines is 2. The average molecular weight is 467 g/mol. The topological polar surface area (TPSA) is 84.9 Å².